The van der Waals surface area contributed by atoms with Gasteiger partial charge in [0, 0.05) is 47.6 Å². The lowest BCUT2D eigenvalue weighted by molar-refractivity contribution is 0.0962. The zero-order valence-corrected chi connectivity index (χ0v) is 16.9. The third kappa shape index (κ3) is 4.72. The van der Waals surface area contributed by atoms with Gasteiger partial charge in [-0.25, -0.2) is 4.39 Å². The third-order valence-corrected chi connectivity index (χ3v) is 5.52. The number of ketones is 1. The highest BCUT2D eigenvalue weighted by Crippen LogP contribution is 2.24. The summed E-state index contributed by atoms with van der Waals surface area (Å²) in [5.74, 6) is 0.137. The highest BCUT2D eigenvalue weighted by molar-refractivity contribution is 6.31. The first-order valence-electron chi connectivity index (χ1n) is 9.22. The van der Waals surface area contributed by atoms with E-state index in [2.05, 4.69) is 15.1 Å². The number of benzene rings is 2. The van der Waals surface area contributed by atoms with Gasteiger partial charge in [0.1, 0.15) is 5.82 Å². The number of likely N-dealkylation sites (tertiary alicyclic amines) is 1. The molecule has 0 spiro atoms. The Morgan fingerprint density at radius 3 is 2.82 bits per heavy atom. The van der Waals surface area contributed by atoms with Crippen LogP contribution in [0, 0.1) is 11.7 Å². The molecule has 1 saturated heterocycles. The first kappa shape index (κ1) is 20.8. The van der Waals surface area contributed by atoms with Crippen molar-refractivity contribution in [2.24, 2.45) is 5.92 Å². The van der Waals surface area contributed by atoms with Crippen molar-refractivity contribution in [2.45, 2.75) is 19.3 Å². The molecule has 1 atom stereocenters. The van der Waals surface area contributed by atoms with Gasteiger partial charge in [0.15, 0.2) is 5.78 Å². The Hall–Kier alpha value is -1.95. The predicted molar refractivity (Wildman–Crippen MR) is 112 cm³/mol. The van der Waals surface area contributed by atoms with Crippen LogP contribution in [-0.2, 0) is 6.42 Å². The number of aromatic amines is 1. The minimum absolute atomic E-state index is 0. The maximum Gasteiger partial charge on any atom is 0.163 e. The number of hydrogen-bond donors (Lipinski definition) is 1. The second-order valence-electron chi connectivity index (χ2n) is 7.20. The number of Topliss-reactive ketones (excluding diaryl/α,β-unsaturated/α-hetero) is 1. The van der Waals surface area contributed by atoms with Crippen LogP contribution in [0.4, 0.5) is 4.39 Å². The van der Waals surface area contributed by atoms with Gasteiger partial charge >= 0.3 is 0 Å². The van der Waals surface area contributed by atoms with E-state index in [1.807, 2.05) is 18.2 Å². The maximum absolute atomic E-state index is 13.0. The molecule has 148 valence electrons. The number of nitrogens with zero attached hydrogens (tertiary/aromatic N) is 2. The number of rotatable bonds is 6. The molecule has 2 aromatic carbocycles. The molecule has 3 aromatic rings. The zero-order valence-electron chi connectivity index (χ0n) is 15.3. The smallest absolute Gasteiger partial charge is 0.163 e. The summed E-state index contributed by atoms with van der Waals surface area (Å²) in [6.07, 6.45) is 2.41. The molecule has 4 nitrogen and oxygen atoms in total. The lowest BCUT2D eigenvalue weighted by Gasteiger charge is -2.15. The van der Waals surface area contributed by atoms with Crippen molar-refractivity contribution in [3.05, 3.63) is 64.6 Å². The Bertz CT molecular complexity index is 958. The number of nitrogens with one attached hydrogen (secondary N) is 1. The van der Waals surface area contributed by atoms with Crippen molar-refractivity contribution in [3.63, 3.8) is 0 Å². The number of carbonyl (C=O) groups is 1. The molecule has 1 aliphatic heterocycles. The standard InChI is InChI=1S/C21H21ClFN3O.ClH/c22-16-3-6-19-18(12-16)20(25-24-19)8-10-26-9-7-14(13-26)11-21(27)15-1-4-17(23)5-2-15;/h1-6,12,14H,7-11,13H2,(H,24,25);1H. The molecule has 0 saturated carbocycles. The average molecular weight is 422 g/mol. The molecular formula is C21H22Cl2FN3O. The van der Waals surface area contributed by atoms with E-state index in [0.717, 1.165) is 49.1 Å². The number of hydrogen-bond acceptors (Lipinski definition) is 3. The van der Waals surface area contributed by atoms with Crippen LogP contribution >= 0.6 is 24.0 Å². The highest BCUT2D eigenvalue weighted by Gasteiger charge is 2.25. The van der Waals surface area contributed by atoms with Crippen molar-refractivity contribution in [1.29, 1.82) is 0 Å². The molecule has 4 rings (SSSR count). The first-order valence-corrected chi connectivity index (χ1v) is 9.60. The van der Waals surface area contributed by atoms with Gasteiger partial charge in [-0.1, -0.05) is 11.6 Å². The SMILES string of the molecule is Cl.O=C(CC1CCN(CCc2[nH]nc3ccc(Cl)cc23)C1)c1ccc(F)cc1. The van der Waals surface area contributed by atoms with Gasteiger partial charge in [0.05, 0.1) is 5.52 Å². The summed E-state index contributed by atoms with van der Waals surface area (Å²) < 4.78 is 13.0. The van der Waals surface area contributed by atoms with Crippen molar-refractivity contribution in [3.8, 4) is 0 Å². The monoisotopic (exact) mass is 421 g/mol. The summed E-state index contributed by atoms with van der Waals surface area (Å²) in [6.45, 7) is 2.83. The van der Waals surface area contributed by atoms with Crippen LogP contribution < -0.4 is 0 Å². The summed E-state index contributed by atoms with van der Waals surface area (Å²) in [7, 11) is 0. The Kier molecular flexibility index (Phi) is 6.70. The minimum Gasteiger partial charge on any atom is -0.303 e. The molecule has 0 amide bonds. The van der Waals surface area contributed by atoms with Gasteiger partial charge in [-0.05, 0) is 61.3 Å². The largest absolute Gasteiger partial charge is 0.303 e. The molecular weight excluding hydrogens is 400 g/mol. The van der Waals surface area contributed by atoms with E-state index < -0.39 is 0 Å². The van der Waals surface area contributed by atoms with Crippen LogP contribution in [0.5, 0.6) is 0 Å². The number of H-pyrrole nitrogens is 1. The molecule has 0 bridgehead atoms. The molecule has 2 heterocycles. The number of fused-ring (bicyclic) bond motifs is 1. The van der Waals surface area contributed by atoms with Crippen LogP contribution in [0.1, 0.15) is 28.9 Å². The molecule has 1 N–H and O–H groups in total. The van der Waals surface area contributed by atoms with Gasteiger partial charge in [0.2, 0.25) is 0 Å². The quantitative estimate of drug-likeness (QED) is 0.574. The van der Waals surface area contributed by atoms with Crippen molar-refractivity contribution < 1.29 is 9.18 Å². The van der Waals surface area contributed by atoms with Crippen molar-refractivity contribution >= 4 is 40.7 Å². The Balaban J connectivity index is 0.00000225. The van der Waals surface area contributed by atoms with Crippen LogP contribution in [0.2, 0.25) is 5.02 Å². The van der Waals surface area contributed by atoms with E-state index in [9.17, 15) is 9.18 Å². The van der Waals surface area contributed by atoms with Crippen LogP contribution in [0.25, 0.3) is 10.9 Å². The fraction of sp³-hybridized carbons (Fsp3) is 0.333. The van der Waals surface area contributed by atoms with Gasteiger partial charge in [-0.15, -0.1) is 12.4 Å². The summed E-state index contributed by atoms with van der Waals surface area (Å²) in [5.41, 5.74) is 2.62. The molecule has 28 heavy (non-hydrogen) atoms. The molecule has 1 aromatic heterocycles. The predicted octanol–water partition coefficient (Wildman–Crippen LogP) is 4.91. The van der Waals surface area contributed by atoms with E-state index >= 15 is 0 Å². The van der Waals surface area contributed by atoms with Crippen molar-refractivity contribution in [2.75, 3.05) is 19.6 Å². The van der Waals surface area contributed by atoms with Crippen molar-refractivity contribution in [1.82, 2.24) is 15.1 Å². The van der Waals surface area contributed by atoms with E-state index in [-0.39, 0.29) is 24.0 Å². The molecule has 0 radical (unpaired) electrons. The van der Waals surface area contributed by atoms with E-state index in [1.54, 1.807) is 12.1 Å². The maximum atomic E-state index is 13.0. The van der Waals surface area contributed by atoms with Gasteiger partial charge in [-0.3, -0.25) is 9.89 Å². The third-order valence-electron chi connectivity index (χ3n) is 5.28. The second kappa shape index (κ2) is 9.03. The Morgan fingerprint density at radius 1 is 1.25 bits per heavy atom. The lowest BCUT2D eigenvalue weighted by Crippen LogP contribution is -2.24. The van der Waals surface area contributed by atoms with E-state index in [1.165, 1.54) is 12.1 Å². The number of carbonyl (C=O) groups excluding carboxylic acids is 1. The molecule has 1 fully saturated rings. The minimum atomic E-state index is -0.314. The van der Waals surface area contributed by atoms with Gasteiger partial charge in [-0.2, -0.15) is 5.10 Å². The summed E-state index contributed by atoms with van der Waals surface area (Å²) >= 11 is 6.10. The Labute approximate surface area is 174 Å². The lowest BCUT2D eigenvalue weighted by atomic mass is 9.97. The zero-order chi connectivity index (χ0) is 18.8. The average Bonchev–Trinajstić information content (AvgIpc) is 3.27. The van der Waals surface area contributed by atoms with Crippen LogP contribution in [-0.4, -0.2) is 40.5 Å². The summed E-state index contributed by atoms with van der Waals surface area (Å²) in [5, 5.41) is 9.23. The summed E-state index contributed by atoms with van der Waals surface area (Å²) in [6, 6.07) is 11.5. The number of aromatic nitrogens is 2. The molecule has 0 aliphatic carbocycles. The van der Waals surface area contributed by atoms with Gasteiger partial charge in [0.25, 0.3) is 0 Å². The van der Waals surface area contributed by atoms with E-state index in [0.29, 0.717) is 22.9 Å². The fourth-order valence-electron chi connectivity index (χ4n) is 3.79. The fourth-order valence-corrected chi connectivity index (χ4v) is 3.97. The Morgan fingerprint density at radius 2 is 2.04 bits per heavy atom. The normalized spacial score (nSPS) is 17.0. The van der Waals surface area contributed by atoms with Gasteiger partial charge < -0.3 is 4.90 Å². The second-order valence-corrected chi connectivity index (χ2v) is 7.64. The highest BCUT2D eigenvalue weighted by atomic mass is 35.5. The van der Waals surface area contributed by atoms with Crippen LogP contribution in [0.15, 0.2) is 42.5 Å². The molecule has 7 heteroatoms. The summed E-state index contributed by atoms with van der Waals surface area (Å²) in [4.78, 5) is 14.8. The topological polar surface area (TPSA) is 49.0 Å². The molecule has 1 unspecified atom stereocenters. The first-order chi connectivity index (χ1) is 13.1. The molecule has 1 aliphatic rings. The van der Waals surface area contributed by atoms with E-state index in [4.69, 9.17) is 11.6 Å². The number of halogens is 3. The van der Waals surface area contributed by atoms with Crippen LogP contribution in [0.3, 0.4) is 0 Å².